The van der Waals surface area contributed by atoms with Crippen LogP contribution in [0.2, 0.25) is 5.02 Å². The second-order valence-corrected chi connectivity index (χ2v) is 10.9. The summed E-state index contributed by atoms with van der Waals surface area (Å²) in [7, 11) is 0. The van der Waals surface area contributed by atoms with Crippen LogP contribution in [0.5, 0.6) is 0 Å². The molecule has 2 heterocycles. The van der Waals surface area contributed by atoms with Crippen molar-refractivity contribution in [3.8, 4) is 11.3 Å². The molecule has 1 fully saturated rings. The molecular weight excluding hydrogens is 524 g/mol. The Morgan fingerprint density at radius 2 is 1.92 bits per heavy atom. The number of carbonyl (C=O) groups excluding carboxylic acids is 2. The Labute approximate surface area is 229 Å². The predicted octanol–water partition coefficient (Wildman–Crippen LogP) is 6.15. The number of aromatic nitrogens is 1. The summed E-state index contributed by atoms with van der Waals surface area (Å²) in [5.74, 6) is -0.274. The molecule has 0 saturated carbocycles. The molecule has 2 aromatic carbocycles. The van der Waals surface area contributed by atoms with Crippen molar-refractivity contribution in [3.05, 3.63) is 85.2 Å². The van der Waals surface area contributed by atoms with Crippen LogP contribution in [-0.4, -0.2) is 39.7 Å². The number of rotatable bonds is 6. The molecule has 5 rings (SSSR count). The van der Waals surface area contributed by atoms with Gasteiger partial charge >= 0.3 is 0 Å². The van der Waals surface area contributed by atoms with Crippen LogP contribution in [0.15, 0.2) is 53.9 Å². The first kappa shape index (κ1) is 26.1. The first-order valence-electron chi connectivity index (χ1n) is 12.7. The fourth-order valence-electron chi connectivity index (χ4n) is 5.09. The van der Waals surface area contributed by atoms with E-state index in [1.165, 1.54) is 53.2 Å². The van der Waals surface area contributed by atoms with Gasteiger partial charge in [0.2, 0.25) is 11.8 Å². The van der Waals surface area contributed by atoms with Crippen molar-refractivity contribution in [2.24, 2.45) is 0 Å². The normalized spacial score (nSPS) is 15.9. The van der Waals surface area contributed by atoms with Crippen molar-refractivity contribution >= 4 is 46.1 Å². The smallest absolute Gasteiger partial charge is 0.288 e. The number of halogens is 1. The van der Waals surface area contributed by atoms with E-state index < -0.39 is 4.92 Å². The lowest BCUT2D eigenvalue weighted by atomic mass is 9.90. The highest BCUT2D eigenvalue weighted by Crippen LogP contribution is 2.35. The molecule has 2 amide bonds. The summed E-state index contributed by atoms with van der Waals surface area (Å²) >= 11 is 7.45. The molecule has 1 saturated heterocycles. The van der Waals surface area contributed by atoms with E-state index in [0.29, 0.717) is 24.3 Å². The maximum Gasteiger partial charge on any atom is 0.288 e. The van der Waals surface area contributed by atoms with Crippen LogP contribution >= 0.6 is 22.9 Å². The van der Waals surface area contributed by atoms with Crippen LogP contribution in [0.4, 0.5) is 11.4 Å². The Hall–Kier alpha value is -3.56. The SMILES string of the molecule is O=C(/C=C/C(=O)N1CCC(c2nc(-c3ccc(Cl)c([N+](=O)[O-])c3)cs2)CC1)Nc1cccc2c1CCCC2. The van der Waals surface area contributed by atoms with Gasteiger partial charge in [-0.15, -0.1) is 11.3 Å². The van der Waals surface area contributed by atoms with Gasteiger partial charge in [0.25, 0.3) is 5.69 Å². The highest BCUT2D eigenvalue weighted by molar-refractivity contribution is 7.10. The zero-order chi connectivity index (χ0) is 26.6. The molecule has 196 valence electrons. The molecule has 38 heavy (non-hydrogen) atoms. The minimum atomic E-state index is -0.501. The number of benzene rings is 2. The molecule has 0 spiro atoms. The Morgan fingerprint density at radius 3 is 2.71 bits per heavy atom. The largest absolute Gasteiger partial charge is 0.339 e. The minimum Gasteiger partial charge on any atom is -0.339 e. The second kappa shape index (κ2) is 11.4. The number of anilines is 1. The molecule has 2 aliphatic rings. The molecule has 0 unspecified atom stereocenters. The number of nitrogens with one attached hydrogen (secondary N) is 1. The standard InChI is InChI=1S/C28H27ClN4O4S/c29-22-9-8-20(16-25(22)33(36)37)24-17-38-28(31-24)19-12-14-32(15-13-19)27(35)11-10-26(34)30-23-7-3-5-18-4-1-2-6-21(18)23/h3,5,7-11,16-17,19H,1-2,4,6,12-15H2,(H,30,34)/b11-10+. The number of likely N-dealkylation sites (tertiary alicyclic amines) is 1. The number of aryl methyl sites for hydroxylation is 1. The Balaban J connectivity index is 1.15. The van der Waals surface area contributed by atoms with E-state index in [1.54, 1.807) is 11.0 Å². The van der Waals surface area contributed by atoms with E-state index in [-0.39, 0.29) is 28.4 Å². The predicted molar refractivity (Wildman–Crippen MR) is 149 cm³/mol. The van der Waals surface area contributed by atoms with Gasteiger partial charge in [0.15, 0.2) is 0 Å². The van der Waals surface area contributed by atoms with Gasteiger partial charge in [0, 0.05) is 53.9 Å². The Bertz CT molecular complexity index is 1410. The number of nitro benzene ring substituents is 1. The van der Waals surface area contributed by atoms with E-state index in [2.05, 4.69) is 11.4 Å². The maximum atomic E-state index is 12.7. The fourth-order valence-corrected chi connectivity index (χ4v) is 6.28. The average Bonchev–Trinajstić information content (AvgIpc) is 3.42. The third-order valence-electron chi connectivity index (χ3n) is 7.15. The second-order valence-electron chi connectivity index (χ2n) is 9.57. The molecule has 10 heteroatoms. The lowest BCUT2D eigenvalue weighted by Crippen LogP contribution is -2.37. The molecular formula is C28H27ClN4O4S. The van der Waals surface area contributed by atoms with Gasteiger partial charge in [-0.2, -0.15) is 0 Å². The summed E-state index contributed by atoms with van der Waals surface area (Å²) in [4.78, 5) is 42.4. The number of piperidine rings is 1. The summed E-state index contributed by atoms with van der Waals surface area (Å²) < 4.78 is 0. The van der Waals surface area contributed by atoms with Crippen molar-refractivity contribution in [3.63, 3.8) is 0 Å². The zero-order valence-corrected chi connectivity index (χ0v) is 22.3. The van der Waals surface area contributed by atoms with E-state index in [4.69, 9.17) is 16.6 Å². The lowest BCUT2D eigenvalue weighted by Gasteiger charge is -2.30. The molecule has 0 atom stereocenters. The highest BCUT2D eigenvalue weighted by atomic mass is 35.5. The minimum absolute atomic E-state index is 0.0942. The molecule has 0 bridgehead atoms. The number of nitrogens with zero attached hydrogens (tertiary/aromatic N) is 3. The van der Waals surface area contributed by atoms with Crippen LogP contribution in [0, 0.1) is 10.1 Å². The number of fused-ring (bicyclic) bond motifs is 1. The highest BCUT2D eigenvalue weighted by Gasteiger charge is 2.25. The number of carbonyl (C=O) groups is 2. The number of thiazole rings is 1. The van der Waals surface area contributed by atoms with Crippen LogP contribution in [0.3, 0.4) is 0 Å². The molecule has 1 aromatic heterocycles. The number of nitro groups is 1. The Morgan fingerprint density at radius 1 is 1.13 bits per heavy atom. The van der Waals surface area contributed by atoms with Gasteiger partial charge in [-0.3, -0.25) is 19.7 Å². The Kier molecular flexibility index (Phi) is 7.85. The molecule has 8 nitrogen and oxygen atoms in total. The summed E-state index contributed by atoms with van der Waals surface area (Å²) in [5.41, 5.74) is 4.51. The van der Waals surface area contributed by atoms with Crippen LogP contribution in [0.25, 0.3) is 11.3 Å². The number of amides is 2. The first-order chi connectivity index (χ1) is 18.4. The van der Waals surface area contributed by atoms with Crippen LogP contribution in [0.1, 0.15) is 47.7 Å². The molecule has 0 radical (unpaired) electrons. The molecule has 3 aromatic rings. The van der Waals surface area contributed by atoms with Crippen molar-refractivity contribution in [2.45, 2.75) is 44.4 Å². The maximum absolute atomic E-state index is 12.7. The molecule has 1 N–H and O–H groups in total. The van der Waals surface area contributed by atoms with Crippen molar-refractivity contribution < 1.29 is 14.5 Å². The average molecular weight is 551 g/mol. The summed E-state index contributed by atoms with van der Waals surface area (Å²) in [6.45, 7) is 1.14. The number of hydrogen-bond donors (Lipinski definition) is 1. The summed E-state index contributed by atoms with van der Waals surface area (Å²) in [6.07, 6.45) is 8.47. The monoisotopic (exact) mass is 550 g/mol. The van der Waals surface area contributed by atoms with Crippen molar-refractivity contribution in [2.75, 3.05) is 18.4 Å². The van der Waals surface area contributed by atoms with E-state index in [0.717, 1.165) is 42.8 Å². The van der Waals surface area contributed by atoms with E-state index in [9.17, 15) is 19.7 Å². The third kappa shape index (κ3) is 5.79. The van der Waals surface area contributed by atoms with Crippen LogP contribution < -0.4 is 5.32 Å². The van der Waals surface area contributed by atoms with Crippen LogP contribution in [-0.2, 0) is 22.4 Å². The van der Waals surface area contributed by atoms with Gasteiger partial charge in [-0.05, 0) is 61.8 Å². The first-order valence-corrected chi connectivity index (χ1v) is 13.9. The van der Waals surface area contributed by atoms with Crippen molar-refractivity contribution in [1.82, 2.24) is 9.88 Å². The molecule has 1 aliphatic carbocycles. The summed E-state index contributed by atoms with van der Waals surface area (Å²) in [5, 5.41) is 17.1. The third-order valence-corrected chi connectivity index (χ3v) is 8.47. The van der Waals surface area contributed by atoms with Gasteiger partial charge < -0.3 is 10.2 Å². The lowest BCUT2D eigenvalue weighted by molar-refractivity contribution is -0.384. The molecule has 1 aliphatic heterocycles. The topological polar surface area (TPSA) is 105 Å². The van der Waals surface area contributed by atoms with Gasteiger partial charge in [0.05, 0.1) is 15.6 Å². The zero-order valence-electron chi connectivity index (χ0n) is 20.7. The quantitative estimate of drug-likeness (QED) is 0.225. The van der Waals surface area contributed by atoms with Gasteiger partial charge in [-0.1, -0.05) is 29.8 Å². The summed E-state index contributed by atoms with van der Waals surface area (Å²) in [6, 6.07) is 10.7. The van der Waals surface area contributed by atoms with Gasteiger partial charge in [-0.25, -0.2) is 4.98 Å². The fraction of sp³-hybridized carbons (Fsp3) is 0.321. The van der Waals surface area contributed by atoms with Gasteiger partial charge in [0.1, 0.15) is 5.02 Å². The number of hydrogen-bond acceptors (Lipinski definition) is 6. The van der Waals surface area contributed by atoms with E-state index >= 15 is 0 Å². The van der Waals surface area contributed by atoms with Crippen molar-refractivity contribution in [1.29, 1.82) is 0 Å². The van der Waals surface area contributed by atoms with E-state index in [1.807, 2.05) is 17.5 Å².